The number of nitrogens with one attached hydrogen (secondary N) is 1. The van der Waals surface area contributed by atoms with Crippen LogP contribution in [0.2, 0.25) is 0 Å². The van der Waals surface area contributed by atoms with E-state index in [9.17, 15) is 9.59 Å². The Morgan fingerprint density at radius 2 is 2.17 bits per heavy atom. The van der Waals surface area contributed by atoms with Crippen LogP contribution in [0.5, 0.6) is 0 Å². The molecule has 134 valence electrons. The molecule has 24 heavy (non-hydrogen) atoms. The second-order valence-electron chi connectivity index (χ2n) is 6.79. The Balaban J connectivity index is 2.06. The second-order valence-corrected chi connectivity index (χ2v) is 6.79. The fraction of sp³-hybridized carbons (Fsp3) is 0.706. The van der Waals surface area contributed by atoms with E-state index in [0.717, 1.165) is 12.8 Å². The smallest absolute Gasteiger partial charge is 0.315 e. The number of aryl methyl sites for hydroxylation is 1. The second kappa shape index (κ2) is 7.34. The summed E-state index contributed by atoms with van der Waals surface area (Å²) in [5.41, 5.74) is -0.175. The van der Waals surface area contributed by atoms with Gasteiger partial charge >= 0.3 is 11.8 Å². The lowest BCUT2D eigenvalue weighted by atomic mass is 9.63. The summed E-state index contributed by atoms with van der Waals surface area (Å²) < 4.78 is 10.6. The molecule has 1 aliphatic rings. The predicted molar refractivity (Wildman–Crippen MR) is 89.5 cm³/mol. The Hall–Kier alpha value is -1.89. The normalized spacial score (nSPS) is 21.9. The first-order valence-corrected chi connectivity index (χ1v) is 8.48. The van der Waals surface area contributed by atoms with Crippen molar-refractivity contribution < 1.29 is 18.8 Å². The molecule has 0 aliphatic heterocycles. The van der Waals surface area contributed by atoms with Gasteiger partial charge in [0.25, 0.3) is 0 Å². The number of carbonyl (C=O) groups excluding carboxylic acids is 2. The minimum atomic E-state index is -0.688. The quantitative estimate of drug-likeness (QED) is 0.806. The van der Waals surface area contributed by atoms with E-state index in [4.69, 9.17) is 9.26 Å². The fourth-order valence-corrected chi connectivity index (χ4v) is 3.24. The van der Waals surface area contributed by atoms with Crippen molar-refractivity contribution in [3.05, 3.63) is 11.8 Å². The molecule has 0 bridgehead atoms. The molecule has 2 amide bonds. The lowest BCUT2D eigenvalue weighted by Gasteiger charge is -2.55. The lowest BCUT2D eigenvalue weighted by molar-refractivity contribution is -0.169. The first kappa shape index (κ1) is 18.4. The molecule has 0 aromatic carbocycles. The summed E-state index contributed by atoms with van der Waals surface area (Å²) in [5, 5.41) is 6.19. The molecule has 0 spiro atoms. The van der Waals surface area contributed by atoms with Crippen LogP contribution in [0, 0.1) is 12.3 Å². The third-order valence-corrected chi connectivity index (χ3v) is 4.66. The molecule has 2 atom stereocenters. The SMILES string of the molecule is CCCN(C(=O)C(=O)Nc1cc(C)on1)[C@@H]1C[C@@H](OCC)C1(C)C. The summed E-state index contributed by atoms with van der Waals surface area (Å²) >= 11 is 0. The number of carbonyl (C=O) groups is 2. The third kappa shape index (κ3) is 3.61. The molecule has 1 aromatic rings. The molecule has 1 fully saturated rings. The summed E-state index contributed by atoms with van der Waals surface area (Å²) in [5.74, 6) is -0.400. The maximum Gasteiger partial charge on any atom is 0.315 e. The van der Waals surface area contributed by atoms with Gasteiger partial charge in [-0.1, -0.05) is 25.9 Å². The molecule has 7 nitrogen and oxygen atoms in total. The maximum absolute atomic E-state index is 12.6. The Bertz CT molecular complexity index is 596. The van der Waals surface area contributed by atoms with Gasteiger partial charge < -0.3 is 14.2 Å². The van der Waals surface area contributed by atoms with Crippen LogP contribution in [0.1, 0.15) is 46.3 Å². The van der Waals surface area contributed by atoms with Crippen LogP contribution in [0.3, 0.4) is 0 Å². The molecule has 1 aromatic heterocycles. The average Bonchev–Trinajstić information content (AvgIpc) is 2.93. The molecule has 1 aliphatic carbocycles. The van der Waals surface area contributed by atoms with Crippen molar-refractivity contribution in [3.63, 3.8) is 0 Å². The number of anilines is 1. The zero-order valence-corrected chi connectivity index (χ0v) is 15.1. The van der Waals surface area contributed by atoms with Crippen LogP contribution >= 0.6 is 0 Å². The van der Waals surface area contributed by atoms with E-state index in [1.54, 1.807) is 17.9 Å². The minimum absolute atomic E-state index is 0.00806. The van der Waals surface area contributed by atoms with E-state index in [1.807, 2.05) is 13.8 Å². The Kier molecular flexibility index (Phi) is 5.64. The molecule has 7 heteroatoms. The van der Waals surface area contributed by atoms with E-state index in [2.05, 4.69) is 24.3 Å². The summed E-state index contributed by atoms with van der Waals surface area (Å²) in [6.07, 6.45) is 1.65. The van der Waals surface area contributed by atoms with Crippen molar-refractivity contribution in [2.24, 2.45) is 5.41 Å². The average molecular weight is 337 g/mol. The number of hydrogen-bond donors (Lipinski definition) is 1. The maximum atomic E-state index is 12.6. The largest absolute Gasteiger partial charge is 0.378 e. The van der Waals surface area contributed by atoms with Gasteiger partial charge in [-0.25, -0.2) is 0 Å². The monoisotopic (exact) mass is 337 g/mol. The lowest BCUT2D eigenvalue weighted by Crippen LogP contribution is -2.64. The highest BCUT2D eigenvalue weighted by molar-refractivity contribution is 6.39. The van der Waals surface area contributed by atoms with Gasteiger partial charge in [0.05, 0.1) is 6.10 Å². The molecule has 0 unspecified atom stereocenters. The first-order chi connectivity index (χ1) is 11.3. The van der Waals surface area contributed by atoms with E-state index in [1.165, 1.54) is 0 Å². The van der Waals surface area contributed by atoms with Crippen molar-refractivity contribution in [3.8, 4) is 0 Å². The van der Waals surface area contributed by atoms with Crippen LogP contribution in [-0.4, -0.2) is 47.2 Å². The van der Waals surface area contributed by atoms with E-state index >= 15 is 0 Å². The molecule has 1 saturated carbocycles. The molecule has 2 rings (SSSR count). The van der Waals surface area contributed by atoms with Gasteiger partial charge in [-0.3, -0.25) is 14.9 Å². The number of amides is 2. The predicted octanol–water partition coefficient (Wildman–Crippen LogP) is 2.36. The summed E-state index contributed by atoms with van der Waals surface area (Å²) in [6.45, 7) is 11.0. The van der Waals surface area contributed by atoms with Crippen LogP contribution < -0.4 is 5.32 Å². The number of ether oxygens (including phenoxy) is 1. The molecule has 0 radical (unpaired) electrons. The number of rotatable bonds is 6. The van der Waals surface area contributed by atoms with E-state index < -0.39 is 11.8 Å². The van der Waals surface area contributed by atoms with Crippen LogP contribution in [-0.2, 0) is 14.3 Å². The Morgan fingerprint density at radius 1 is 1.46 bits per heavy atom. The van der Waals surface area contributed by atoms with E-state index in [0.29, 0.717) is 18.9 Å². The third-order valence-electron chi connectivity index (χ3n) is 4.66. The van der Waals surface area contributed by atoms with Gasteiger partial charge in [-0.05, 0) is 26.7 Å². The van der Waals surface area contributed by atoms with Gasteiger partial charge in [-0.15, -0.1) is 0 Å². The number of aromatic nitrogens is 1. The van der Waals surface area contributed by atoms with Gasteiger partial charge in [0.15, 0.2) is 5.82 Å². The summed E-state index contributed by atoms with van der Waals surface area (Å²) in [6, 6.07) is 1.57. The van der Waals surface area contributed by atoms with Gasteiger partial charge in [0.2, 0.25) is 0 Å². The highest BCUT2D eigenvalue weighted by Crippen LogP contribution is 2.46. The molecular weight excluding hydrogens is 310 g/mol. The standard InChI is InChI=1S/C17H27N3O4/c1-6-8-20(12-10-13(23-7-2)17(12,4)5)16(22)15(21)18-14-9-11(3)24-19-14/h9,12-13H,6-8,10H2,1-5H3,(H,18,19,21)/t12-,13-/m1/s1. The zero-order chi connectivity index (χ0) is 17.9. The van der Waals surface area contributed by atoms with Crippen molar-refractivity contribution in [1.29, 1.82) is 0 Å². The molecule has 0 saturated heterocycles. The number of nitrogens with zero attached hydrogens (tertiary/aromatic N) is 2. The van der Waals surface area contributed by atoms with Crippen molar-refractivity contribution in [2.75, 3.05) is 18.5 Å². The van der Waals surface area contributed by atoms with Gasteiger partial charge in [0, 0.05) is 30.7 Å². The molecular formula is C17H27N3O4. The van der Waals surface area contributed by atoms with Crippen LogP contribution in [0.25, 0.3) is 0 Å². The van der Waals surface area contributed by atoms with Crippen LogP contribution in [0.15, 0.2) is 10.6 Å². The van der Waals surface area contributed by atoms with Crippen molar-refractivity contribution in [1.82, 2.24) is 10.1 Å². The van der Waals surface area contributed by atoms with Crippen LogP contribution in [0.4, 0.5) is 5.82 Å². The molecule has 1 heterocycles. The summed E-state index contributed by atoms with van der Waals surface area (Å²) in [4.78, 5) is 26.6. The Labute approximate surface area is 142 Å². The topological polar surface area (TPSA) is 84.7 Å². The zero-order valence-electron chi connectivity index (χ0n) is 15.1. The van der Waals surface area contributed by atoms with Crippen molar-refractivity contribution >= 4 is 17.6 Å². The highest BCUT2D eigenvalue weighted by atomic mass is 16.5. The Morgan fingerprint density at radius 3 is 2.67 bits per heavy atom. The van der Waals surface area contributed by atoms with Gasteiger partial charge in [0.1, 0.15) is 5.76 Å². The molecule has 1 N–H and O–H groups in total. The minimum Gasteiger partial charge on any atom is -0.378 e. The van der Waals surface area contributed by atoms with Gasteiger partial charge in [-0.2, -0.15) is 0 Å². The first-order valence-electron chi connectivity index (χ1n) is 8.48. The summed E-state index contributed by atoms with van der Waals surface area (Å²) in [7, 11) is 0. The van der Waals surface area contributed by atoms with E-state index in [-0.39, 0.29) is 23.4 Å². The fourth-order valence-electron chi connectivity index (χ4n) is 3.24. The number of hydrogen-bond acceptors (Lipinski definition) is 5. The van der Waals surface area contributed by atoms with Crippen molar-refractivity contribution in [2.45, 2.75) is 59.6 Å². The highest BCUT2D eigenvalue weighted by Gasteiger charge is 2.53.